The van der Waals surface area contributed by atoms with Crippen LogP contribution in [0.5, 0.6) is 0 Å². The number of hydrogen-bond acceptors (Lipinski definition) is 3. The molecule has 0 saturated heterocycles. The lowest BCUT2D eigenvalue weighted by atomic mass is 9.83. The van der Waals surface area contributed by atoms with E-state index in [4.69, 9.17) is 0 Å². The van der Waals surface area contributed by atoms with E-state index in [0.29, 0.717) is 0 Å². The molecule has 0 aliphatic rings. The summed E-state index contributed by atoms with van der Waals surface area (Å²) in [6, 6.07) is 4.68. The van der Waals surface area contributed by atoms with E-state index in [1.54, 1.807) is 0 Å². The largest absolute Gasteiger partial charge is 0.385 e. The lowest BCUT2D eigenvalue weighted by molar-refractivity contribution is 0.0141. The minimum absolute atomic E-state index is 0.675. The standard InChI is InChI=1S/C37H64OS2/c1-4-7-10-13-16-17-18-19-20-23-26-33-31-35(40-32-33)36-34(27-30-39-36)37(38,28-24-21-14-11-8-5-2)29-25-22-15-12-9-6-3/h27,30-32,38H,4-26,28-29H2,1-3H3. The zero-order valence-corrected chi connectivity index (χ0v) is 28.4. The van der Waals surface area contributed by atoms with E-state index >= 15 is 0 Å². The highest BCUT2D eigenvalue weighted by molar-refractivity contribution is 7.20. The second-order valence-corrected chi connectivity index (χ2v) is 14.3. The second kappa shape index (κ2) is 22.9. The third kappa shape index (κ3) is 14.5. The Bertz CT molecular complexity index is 819. The van der Waals surface area contributed by atoms with Crippen LogP contribution in [0.2, 0.25) is 0 Å². The molecule has 3 heteroatoms. The van der Waals surface area contributed by atoms with Crippen LogP contribution >= 0.6 is 22.7 Å². The van der Waals surface area contributed by atoms with Gasteiger partial charge in [-0.1, -0.05) is 156 Å². The number of rotatable bonds is 27. The Morgan fingerprint density at radius 1 is 0.575 bits per heavy atom. The van der Waals surface area contributed by atoms with Gasteiger partial charge in [0.1, 0.15) is 0 Å². The van der Waals surface area contributed by atoms with Gasteiger partial charge in [0.25, 0.3) is 0 Å². The van der Waals surface area contributed by atoms with Gasteiger partial charge < -0.3 is 5.11 Å². The van der Waals surface area contributed by atoms with Gasteiger partial charge in [-0.2, -0.15) is 0 Å². The summed E-state index contributed by atoms with van der Waals surface area (Å²) in [5.41, 5.74) is 2.03. The van der Waals surface area contributed by atoms with Crippen LogP contribution in [-0.2, 0) is 12.0 Å². The zero-order valence-electron chi connectivity index (χ0n) is 26.8. The maximum Gasteiger partial charge on any atom is 0.0911 e. The molecule has 0 aromatic carbocycles. The fraction of sp³-hybridized carbons (Fsp3) is 0.784. The topological polar surface area (TPSA) is 20.2 Å². The molecule has 0 radical (unpaired) electrons. The lowest BCUT2D eigenvalue weighted by Gasteiger charge is -2.29. The molecule has 0 amide bonds. The average Bonchev–Trinajstić information content (AvgIpc) is 3.64. The van der Waals surface area contributed by atoms with Gasteiger partial charge in [0.05, 0.1) is 10.5 Å². The first kappa shape index (κ1) is 35.6. The molecule has 0 atom stereocenters. The van der Waals surface area contributed by atoms with Gasteiger partial charge in [0.15, 0.2) is 0 Å². The van der Waals surface area contributed by atoms with Crippen LogP contribution in [0.3, 0.4) is 0 Å². The number of unbranched alkanes of at least 4 members (excludes halogenated alkanes) is 19. The minimum atomic E-state index is -0.675. The fourth-order valence-electron chi connectivity index (χ4n) is 6.10. The van der Waals surface area contributed by atoms with E-state index in [2.05, 4.69) is 43.7 Å². The summed E-state index contributed by atoms with van der Waals surface area (Å²) in [6.07, 6.45) is 32.3. The number of aliphatic hydroxyl groups is 1. The molecule has 0 aliphatic carbocycles. The van der Waals surface area contributed by atoms with Crippen molar-refractivity contribution in [3.05, 3.63) is 34.0 Å². The van der Waals surface area contributed by atoms with Crippen molar-refractivity contribution in [3.63, 3.8) is 0 Å². The Hall–Kier alpha value is -0.640. The van der Waals surface area contributed by atoms with Crippen LogP contribution in [0.4, 0.5) is 0 Å². The number of hydrogen-bond donors (Lipinski definition) is 1. The second-order valence-electron chi connectivity index (χ2n) is 12.5. The molecule has 0 bridgehead atoms. The Kier molecular flexibility index (Phi) is 20.4. The maximum absolute atomic E-state index is 12.1. The predicted octanol–water partition coefficient (Wildman–Crippen LogP) is 13.6. The molecule has 1 N–H and O–H groups in total. The van der Waals surface area contributed by atoms with Crippen molar-refractivity contribution in [2.24, 2.45) is 0 Å². The monoisotopic (exact) mass is 588 g/mol. The summed E-state index contributed by atoms with van der Waals surface area (Å²) < 4.78 is 0. The maximum atomic E-state index is 12.1. The average molecular weight is 589 g/mol. The molecule has 0 unspecified atom stereocenters. The van der Waals surface area contributed by atoms with Crippen molar-refractivity contribution < 1.29 is 5.11 Å². The van der Waals surface area contributed by atoms with Crippen molar-refractivity contribution in [1.82, 2.24) is 0 Å². The smallest absolute Gasteiger partial charge is 0.0911 e. The van der Waals surface area contributed by atoms with Crippen LogP contribution < -0.4 is 0 Å². The molecule has 2 heterocycles. The summed E-state index contributed by atoms with van der Waals surface area (Å²) in [5.74, 6) is 0. The van der Waals surface area contributed by atoms with Crippen LogP contribution in [0.25, 0.3) is 9.75 Å². The first-order valence-corrected chi connectivity index (χ1v) is 19.3. The van der Waals surface area contributed by atoms with Gasteiger partial charge in [-0.25, -0.2) is 0 Å². The molecule has 2 aromatic rings. The van der Waals surface area contributed by atoms with Gasteiger partial charge in [-0.3, -0.25) is 0 Å². The highest BCUT2D eigenvalue weighted by Gasteiger charge is 2.32. The fourth-order valence-corrected chi connectivity index (χ4v) is 8.19. The van der Waals surface area contributed by atoms with Gasteiger partial charge >= 0.3 is 0 Å². The summed E-state index contributed by atoms with van der Waals surface area (Å²) >= 11 is 3.73. The van der Waals surface area contributed by atoms with E-state index in [0.717, 1.165) is 25.7 Å². The Morgan fingerprint density at radius 3 is 1.52 bits per heavy atom. The van der Waals surface area contributed by atoms with E-state index in [1.807, 2.05) is 22.7 Å². The highest BCUT2D eigenvalue weighted by Crippen LogP contribution is 2.44. The van der Waals surface area contributed by atoms with Crippen LogP contribution in [0.1, 0.15) is 186 Å². The lowest BCUT2D eigenvalue weighted by Crippen LogP contribution is -2.26. The highest BCUT2D eigenvalue weighted by atomic mass is 32.1. The molecule has 230 valence electrons. The predicted molar refractivity (Wildman–Crippen MR) is 183 cm³/mol. The summed E-state index contributed by atoms with van der Waals surface area (Å²) in [7, 11) is 0. The molecule has 0 spiro atoms. The molecule has 0 saturated carbocycles. The van der Waals surface area contributed by atoms with Crippen molar-refractivity contribution in [2.45, 2.75) is 187 Å². The molecule has 1 nitrogen and oxygen atoms in total. The van der Waals surface area contributed by atoms with Gasteiger partial charge in [0.2, 0.25) is 0 Å². The first-order chi connectivity index (χ1) is 19.6. The first-order valence-electron chi connectivity index (χ1n) is 17.5. The normalized spacial score (nSPS) is 12.0. The minimum Gasteiger partial charge on any atom is -0.385 e. The quantitative estimate of drug-likeness (QED) is 0.103. The summed E-state index contributed by atoms with van der Waals surface area (Å²) in [4.78, 5) is 2.70. The van der Waals surface area contributed by atoms with Crippen molar-refractivity contribution >= 4 is 22.7 Å². The third-order valence-electron chi connectivity index (χ3n) is 8.75. The van der Waals surface area contributed by atoms with E-state index in [9.17, 15) is 5.11 Å². The Labute approximate surface area is 257 Å². The van der Waals surface area contributed by atoms with Gasteiger partial charge in [-0.15, -0.1) is 22.7 Å². The third-order valence-corrected chi connectivity index (χ3v) is 10.8. The Morgan fingerprint density at radius 2 is 1.02 bits per heavy atom. The SMILES string of the molecule is CCCCCCCCCCCCc1csc(-c2sccc2C(O)(CCCCCCCC)CCCCCCCC)c1. The summed E-state index contributed by atoms with van der Waals surface area (Å²) in [6.45, 7) is 6.86. The van der Waals surface area contributed by atoms with E-state index in [1.165, 1.54) is 156 Å². The number of thiophene rings is 2. The summed E-state index contributed by atoms with van der Waals surface area (Å²) in [5, 5.41) is 16.7. The molecule has 0 fully saturated rings. The van der Waals surface area contributed by atoms with Crippen molar-refractivity contribution in [1.29, 1.82) is 0 Å². The van der Waals surface area contributed by atoms with Crippen molar-refractivity contribution in [2.75, 3.05) is 0 Å². The van der Waals surface area contributed by atoms with Crippen molar-refractivity contribution in [3.8, 4) is 9.75 Å². The molecular weight excluding hydrogens is 525 g/mol. The van der Waals surface area contributed by atoms with E-state index < -0.39 is 5.60 Å². The number of aryl methyl sites for hydroxylation is 1. The van der Waals surface area contributed by atoms with Crippen LogP contribution in [0, 0.1) is 0 Å². The Balaban J connectivity index is 1.88. The molecule has 0 aliphatic heterocycles. The van der Waals surface area contributed by atoms with E-state index in [-0.39, 0.29) is 0 Å². The molecule has 2 rings (SSSR count). The van der Waals surface area contributed by atoms with Gasteiger partial charge in [0, 0.05) is 10.4 Å². The van der Waals surface area contributed by atoms with Gasteiger partial charge in [-0.05, 0) is 54.1 Å². The molecule has 2 aromatic heterocycles. The zero-order chi connectivity index (χ0) is 28.7. The molecule has 40 heavy (non-hydrogen) atoms. The molecular formula is C37H64OS2. The van der Waals surface area contributed by atoms with Crippen LogP contribution in [0.15, 0.2) is 22.9 Å². The van der Waals surface area contributed by atoms with Crippen LogP contribution in [-0.4, -0.2) is 5.11 Å².